The van der Waals surface area contributed by atoms with E-state index in [4.69, 9.17) is 4.74 Å². The Morgan fingerprint density at radius 1 is 0.880 bits per heavy atom. The van der Waals surface area contributed by atoms with Crippen molar-refractivity contribution in [3.8, 4) is 5.75 Å². The first-order chi connectivity index (χ1) is 12.1. The quantitative estimate of drug-likeness (QED) is 0.858. The molecule has 0 atom stereocenters. The summed E-state index contributed by atoms with van der Waals surface area (Å²) < 4.78 is 31.6. The molecule has 2 N–H and O–H groups in total. The summed E-state index contributed by atoms with van der Waals surface area (Å²) in [6, 6.07) is 11.4. The highest BCUT2D eigenvalue weighted by atomic mass is 19.1. The lowest BCUT2D eigenvalue weighted by molar-refractivity contribution is 0.141. The highest BCUT2D eigenvalue weighted by molar-refractivity contribution is 5.89. The molecule has 132 valence electrons. The van der Waals surface area contributed by atoms with E-state index in [9.17, 15) is 13.6 Å². The summed E-state index contributed by atoms with van der Waals surface area (Å²) in [6.45, 7) is 0. The third-order valence-electron chi connectivity index (χ3n) is 4.23. The molecule has 0 heterocycles. The monoisotopic (exact) mass is 346 g/mol. The smallest absolute Gasteiger partial charge is 0.319 e. The number of carbonyl (C=O) groups is 1. The van der Waals surface area contributed by atoms with Gasteiger partial charge in [-0.2, -0.15) is 0 Å². The van der Waals surface area contributed by atoms with E-state index in [-0.39, 0.29) is 29.8 Å². The lowest BCUT2D eigenvalue weighted by atomic mass is 9.93. The van der Waals surface area contributed by atoms with Gasteiger partial charge in [0, 0.05) is 11.7 Å². The van der Waals surface area contributed by atoms with Crippen LogP contribution in [0.4, 0.5) is 19.3 Å². The van der Waals surface area contributed by atoms with Crippen molar-refractivity contribution in [1.29, 1.82) is 0 Å². The Labute approximate surface area is 145 Å². The second-order valence-corrected chi connectivity index (χ2v) is 6.15. The fourth-order valence-corrected chi connectivity index (χ4v) is 2.92. The minimum Gasteiger partial charge on any atom is -0.490 e. The lowest BCUT2D eigenvalue weighted by Crippen LogP contribution is -2.41. The van der Waals surface area contributed by atoms with Crippen molar-refractivity contribution >= 4 is 11.7 Å². The number of nitrogens with one attached hydrogen (secondary N) is 2. The zero-order chi connectivity index (χ0) is 17.6. The average Bonchev–Trinajstić information content (AvgIpc) is 2.61. The molecule has 1 saturated carbocycles. The molecule has 4 nitrogen and oxygen atoms in total. The summed E-state index contributed by atoms with van der Waals surface area (Å²) in [7, 11) is 0. The average molecular weight is 346 g/mol. The molecule has 0 aromatic heterocycles. The second-order valence-electron chi connectivity index (χ2n) is 6.15. The number of rotatable bonds is 4. The van der Waals surface area contributed by atoms with Crippen molar-refractivity contribution in [2.24, 2.45) is 0 Å². The van der Waals surface area contributed by atoms with Crippen LogP contribution in [-0.2, 0) is 0 Å². The molecule has 0 radical (unpaired) electrons. The molecule has 0 spiro atoms. The molecule has 3 rings (SSSR count). The molecule has 0 bridgehead atoms. The Morgan fingerprint density at radius 2 is 1.44 bits per heavy atom. The highest BCUT2D eigenvalue weighted by Gasteiger charge is 2.23. The van der Waals surface area contributed by atoms with E-state index in [1.165, 1.54) is 36.4 Å². The predicted molar refractivity (Wildman–Crippen MR) is 91.6 cm³/mol. The van der Waals surface area contributed by atoms with Gasteiger partial charge in [-0.1, -0.05) is 0 Å². The van der Waals surface area contributed by atoms with Crippen molar-refractivity contribution in [3.05, 3.63) is 60.2 Å². The van der Waals surface area contributed by atoms with E-state index in [0.29, 0.717) is 11.4 Å². The number of hydrogen-bond donors (Lipinski definition) is 2. The first-order valence-electron chi connectivity index (χ1n) is 8.34. The SMILES string of the molecule is O=C(Nc1ccc(F)cc1)NC1CCC(Oc2ccc(F)cc2)CC1. The molecule has 1 fully saturated rings. The number of amides is 2. The number of urea groups is 1. The van der Waals surface area contributed by atoms with Gasteiger partial charge in [-0.05, 0) is 74.2 Å². The van der Waals surface area contributed by atoms with Crippen LogP contribution in [0.1, 0.15) is 25.7 Å². The molecule has 2 aromatic carbocycles. The minimum absolute atomic E-state index is 0.0728. The van der Waals surface area contributed by atoms with Crippen LogP contribution in [0.5, 0.6) is 5.75 Å². The largest absolute Gasteiger partial charge is 0.490 e. The van der Waals surface area contributed by atoms with Gasteiger partial charge < -0.3 is 15.4 Å². The van der Waals surface area contributed by atoms with Gasteiger partial charge in [-0.3, -0.25) is 0 Å². The summed E-state index contributed by atoms with van der Waals surface area (Å²) in [5.41, 5.74) is 0.548. The molecule has 6 heteroatoms. The lowest BCUT2D eigenvalue weighted by Gasteiger charge is -2.29. The molecule has 0 aliphatic heterocycles. The van der Waals surface area contributed by atoms with Crippen LogP contribution in [-0.4, -0.2) is 18.2 Å². The Balaban J connectivity index is 1.42. The molecule has 25 heavy (non-hydrogen) atoms. The van der Waals surface area contributed by atoms with Gasteiger partial charge in [0.05, 0.1) is 6.10 Å². The van der Waals surface area contributed by atoms with Crippen LogP contribution in [0.15, 0.2) is 48.5 Å². The normalized spacial score (nSPS) is 19.9. The van der Waals surface area contributed by atoms with E-state index in [1.807, 2.05) is 0 Å². The van der Waals surface area contributed by atoms with E-state index >= 15 is 0 Å². The number of benzene rings is 2. The Morgan fingerprint density at radius 3 is 2.04 bits per heavy atom. The Bertz CT molecular complexity index is 696. The van der Waals surface area contributed by atoms with E-state index in [1.54, 1.807) is 12.1 Å². The van der Waals surface area contributed by atoms with Crippen LogP contribution in [0.2, 0.25) is 0 Å². The van der Waals surface area contributed by atoms with Gasteiger partial charge >= 0.3 is 6.03 Å². The minimum atomic E-state index is -0.342. The van der Waals surface area contributed by atoms with Crippen molar-refractivity contribution in [2.45, 2.75) is 37.8 Å². The summed E-state index contributed by atoms with van der Waals surface area (Å²) in [5, 5.41) is 5.61. The molecular formula is C19H20F2N2O2. The summed E-state index contributed by atoms with van der Waals surface area (Å²) in [6.07, 6.45) is 3.33. The van der Waals surface area contributed by atoms with E-state index < -0.39 is 0 Å². The zero-order valence-corrected chi connectivity index (χ0v) is 13.7. The van der Waals surface area contributed by atoms with E-state index in [2.05, 4.69) is 10.6 Å². The van der Waals surface area contributed by atoms with Gasteiger partial charge in [-0.25, -0.2) is 13.6 Å². The third-order valence-corrected chi connectivity index (χ3v) is 4.23. The van der Waals surface area contributed by atoms with Gasteiger partial charge in [0.25, 0.3) is 0 Å². The molecule has 1 aliphatic carbocycles. The standard InChI is InChI=1S/C19H20F2N2O2/c20-13-1-5-15(6-2-13)22-19(24)23-16-7-11-18(12-8-16)25-17-9-3-14(21)4-10-17/h1-6,9-10,16,18H,7-8,11-12H2,(H2,22,23,24). The van der Waals surface area contributed by atoms with Gasteiger partial charge in [-0.15, -0.1) is 0 Å². The maximum atomic E-state index is 12.9. The summed E-state index contributed by atoms with van der Waals surface area (Å²) in [5.74, 6) is 0.0322. The molecule has 2 aromatic rings. The second kappa shape index (κ2) is 7.96. The topological polar surface area (TPSA) is 50.4 Å². The first-order valence-corrected chi connectivity index (χ1v) is 8.34. The van der Waals surface area contributed by atoms with Crippen LogP contribution in [0, 0.1) is 11.6 Å². The molecule has 0 unspecified atom stereocenters. The molecule has 0 saturated heterocycles. The van der Waals surface area contributed by atoms with Crippen LogP contribution >= 0.6 is 0 Å². The van der Waals surface area contributed by atoms with Crippen molar-refractivity contribution in [2.75, 3.05) is 5.32 Å². The fourth-order valence-electron chi connectivity index (χ4n) is 2.92. The number of halogens is 2. The number of ether oxygens (including phenoxy) is 1. The van der Waals surface area contributed by atoms with Crippen molar-refractivity contribution in [1.82, 2.24) is 5.32 Å². The summed E-state index contributed by atoms with van der Waals surface area (Å²) >= 11 is 0. The van der Waals surface area contributed by atoms with Crippen LogP contribution < -0.4 is 15.4 Å². The number of anilines is 1. The van der Waals surface area contributed by atoms with Crippen LogP contribution in [0.25, 0.3) is 0 Å². The summed E-state index contributed by atoms with van der Waals surface area (Å²) in [4.78, 5) is 12.0. The predicted octanol–water partition coefficient (Wildman–Crippen LogP) is 4.48. The highest BCUT2D eigenvalue weighted by Crippen LogP contribution is 2.24. The first kappa shape index (κ1) is 17.2. The Hall–Kier alpha value is -2.63. The fraction of sp³-hybridized carbons (Fsp3) is 0.316. The van der Waals surface area contributed by atoms with Crippen molar-refractivity contribution in [3.63, 3.8) is 0 Å². The van der Waals surface area contributed by atoms with Gasteiger partial charge in [0.1, 0.15) is 17.4 Å². The van der Waals surface area contributed by atoms with Crippen LogP contribution in [0.3, 0.4) is 0 Å². The van der Waals surface area contributed by atoms with E-state index in [0.717, 1.165) is 25.7 Å². The molecular weight excluding hydrogens is 326 g/mol. The van der Waals surface area contributed by atoms with Crippen molar-refractivity contribution < 1.29 is 18.3 Å². The Kier molecular flexibility index (Phi) is 5.48. The molecule has 2 amide bonds. The maximum Gasteiger partial charge on any atom is 0.319 e. The maximum absolute atomic E-state index is 12.9. The molecule has 1 aliphatic rings. The zero-order valence-electron chi connectivity index (χ0n) is 13.7. The van der Waals surface area contributed by atoms with Gasteiger partial charge in [0.15, 0.2) is 0 Å². The third kappa shape index (κ3) is 5.17. The van der Waals surface area contributed by atoms with Gasteiger partial charge in [0.2, 0.25) is 0 Å². The number of carbonyl (C=O) groups excluding carboxylic acids is 1. The number of hydrogen-bond acceptors (Lipinski definition) is 2.